The average molecular weight is 257 g/mol. The molecule has 0 fully saturated rings. The second-order valence-corrected chi connectivity index (χ2v) is 4.88. The van der Waals surface area contributed by atoms with Crippen LogP contribution >= 0.6 is 0 Å². The standard InChI is InChI=1S/C16H19NO2/c1-10-7-8-13(9-11(10)2)17-12(3)16-14(18)5-4-6-15(16)19/h4-9,12,17-19H,1-3H3. The van der Waals surface area contributed by atoms with Crippen molar-refractivity contribution in [1.29, 1.82) is 0 Å². The summed E-state index contributed by atoms with van der Waals surface area (Å²) in [6.45, 7) is 6.03. The van der Waals surface area contributed by atoms with Crippen molar-refractivity contribution < 1.29 is 10.2 Å². The van der Waals surface area contributed by atoms with E-state index in [1.807, 2.05) is 13.0 Å². The van der Waals surface area contributed by atoms with E-state index in [9.17, 15) is 10.2 Å². The van der Waals surface area contributed by atoms with Crippen LogP contribution in [-0.4, -0.2) is 10.2 Å². The van der Waals surface area contributed by atoms with Crippen LogP contribution in [0.2, 0.25) is 0 Å². The number of aromatic hydroxyl groups is 2. The van der Waals surface area contributed by atoms with Crippen molar-refractivity contribution in [3.8, 4) is 11.5 Å². The molecule has 0 saturated carbocycles. The predicted octanol–water partition coefficient (Wildman–Crippen LogP) is 3.89. The summed E-state index contributed by atoms with van der Waals surface area (Å²) < 4.78 is 0. The number of aryl methyl sites for hydroxylation is 2. The molecule has 3 nitrogen and oxygen atoms in total. The highest BCUT2D eigenvalue weighted by atomic mass is 16.3. The number of hydrogen-bond acceptors (Lipinski definition) is 3. The van der Waals surface area contributed by atoms with Crippen LogP contribution in [0.1, 0.15) is 29.7 Å². The highest BCUT2D eigenvalue weighted by molar-refractivity contribution is 5.53. The van der Waals surface area contributed by atoms with Crippen LogP contribution in [-0.2, 0) is 0 Å². The van der Waals surface area contributed by atoms with Gasteiger partial charge in [0, 0.05) is 5.69 Å². The molecule has 0 aliphatic carbocycles. The molecule has 1 unspecified atom stereocenters. The summed E-state index contributed by atoms with van der Waals surface area (Å²) in [4.78, 5) is 0. The maximum Gasteiger partial charge on any atom is 0.124 e. The number of benzene rings is 2. The maximum atomic E-state index is 9.84. The van der Waals surface area contributed by atoms with E-state index in [2.05, 4.69) is 31.3 Å². The number of phenolic OH excluding ortho intramolecular Hbond substituents is 2. The van der Waals surface area contributed by atoms with Gasteiger partial charge in [-0.15, -0.1) is 0 Å². The largest absolute Gasteiger partial charge is 0.507 e. The van der Waals surface area contributed by atoms with E-state index in [0.717, 1.165) is 5.69 Å². The van der Waals surface area contributed by atoms with Crippen molar-refractivity contribution in [2.75, 3.05) is 5.32 Å². The molecule has 100 valence electrons. The van der Waals surface area contributed by atoms with Crippen molar-refractivity contribution >= 4 is 5.69 Å². The first-order valence-electron chi connectivity index (χ1n) is 6.33. The van der Waals surface area contributed by atoms with Crippen LogP contribution in [0.3, 0.4) is 0 Å². The van der Waals surface area contributed by atoms with Gasteiger partial charge in [-0.1, -0.05) is 12.1 Å². The maximum absolute atomic E-state index is 9.84. The van der Waals surface area contributed by atoms with E-state index in [-0.39, 0.29) is 17.5 Å². The van der Waals surface area contributed by atoms with E-state index in [0.29, 0.717) is 5.56 Å². The third-order valence-electron chi connectivity index (χ3n) is 3.38. The van der Waals surface area contributed by atoms with Crippen molar-refractivity contribution in [3.05, 3.63) is 53.1 Å². The lowest BCUT2D eigenvalue weighted by Crippen LogP contribution is -2.07. The van der Waals surface area contributed by atoms with Gasteiger partial charge in [0.1, 0.15) is 11.5 Å². The Hall–Kier alpha value is -2.16. The Labute approximate surface area is 113 Å². The van der Waals surface area contributed by atoms with Gasteiger partial charge in [0.25, 0.3) is 0 Å². The topological polar surface area (TPSA) is 52.5 Å². The zero-order valence-corrected chi connectivity index (χ0v) is 11.4. The van der Waals surface area contributed by atoms with E-state index in [1.165, 1.54) is 11.1 Å². The molecule has 0 saturated heterocycles. The number of hydrogen-bond donors (Lipinski definition) is 3. The molecule has 2 aromatic carbocycles. The van der Waals surface area contributed by atoms with Crippen LogP contribution in [0.25, 0.3) is 0 Å². The van der Waals surface area contributed by atoms with Gasteiger partial charge in [-0.05, 0) is 56.2 Å². The summed E-state index contributed by atoms with van der Waals surface area (Å²) in [6.07, 6.45) is 0. The molecule has 0 heterocycles. The van der Waals surface area contributed by atoms with Crippen molar-refractivity contribution in [3.63, 3.8) is 0 Å². The third-order valence-corrected chi connectivity index (χ3v) is 3.38. The molecule has 19 heavy (non-hydrogen) atoms. The molecular formula is C16H19NO2. The van der Waals surface area contributed by atoms with E-state index in [1.54, 1.807) is 18.2 Å². The summed E-state index contributed by atoms with van der Waals surface area (Å²) in [7, 11) is 0. The Kier molecular flexibility index (Phi) is 3.65. The van der Waals surface area contributed by atoms with Crippen LogP contribution in [0, 0.1) is 13.8 Å². The summed E-state index contributed by atoms with van der Waals surface area (Å²) in [6, 6.07) is 10.7. The minimum absolute atomic E-state index is 0.101. The van der Waals surface area contributed by atoms with Crippen molar-refractivity contribution in [2.24, 2.45) is 0 Å². The van der Waals surface area contributed by atoms with E-state index < -0.39 is 0 Å². The Morgan fingerprint density at radius 1 is 0.947 bits per heavy atom. The molecule has 0 aliphatic rings. The first kappa shape index (κ1) is 13.3. The highest BCUT2D eigenvalue weighted by Crippen LogP contribution is 2.34. The Morgan fingerprint density at radius 3 is 2.16 bits per heavy atom. The SMILES string of the molecule is Cc1ccc(NC(C)c2c(O)cccc2O)cc1C. The van der Waals surface area contributed by atoms with Gasteiger partial charge < -0.3 is 15.5 Å². The van der Waals surface area contributed by atoms with Crippen LogP contribution in [0.4, 0.5) is 5.69 Å². The Balaban J connectivity index is 2.25. The van der Waals surface area contributed by atoms with Gasteiger partial charge in [-0.2, -0.15) is 0 Å². The normalized spacial score (nSPS) is 12.2. The fourth-order valence-electron chi connectivity index (χ4n) is 2.14. The molecule has 2 rings (SSSR count). The van der Waals surface area contributed by atoms with Crippen LogP contribution in [0.5, 0.6) is 11.5 Å². The Morgan fingerprint density at radius 2 is 1.58 bits per heavy atom. The second kappa shape index (κ2) is 5.22. The fourth-order valence-corrected chi connectivity index (χ4v) is 2.14. The van der Waals surface area contributed by atoms with Crippen molar-refractivity contribution in [1.82, 2.24) is 0 Å². The van der Waals surface area contributed by atoms with Gasteiger partial charge in [0.2, 0.25) is 0 Å². The van der Waals surface area contributed by atoms with E-state index >= 15 is 0 Å². The minimum atomic E-state index is -0.177. The summed E-state index contributed by atoms with van der Waals surface area (Å²) in [5.41, 5.74) is 3.93. The molecule has 3 N–H and O–H groups in total. The van der Waals surface area contributed by atoms with Crippen LogP contribution < -0.4 is 5.32 Å². The number of nitrogens with one attached hydrogen (secondary N) is 1. The van der Waals surface area contributed by atoms with Crippen molar-refractivity contribution in [2.45, 2.75) is 26.8 Å². The van der Waals surface area contributed by atoms with Gasteiger partial charge in [0.15, 0.2) is 0 Å². The zero-order chi connectivity index (χ0) is 14.0. The van der Waals surface area contributed by atoms with Gasteiger partial charge in [0.05, 0.1) is 11.6 Å². The van der Waals surface area contributed by atoms with Gasteiger partial charge >= 0.3 is 0 Å². The molecule has 0 amide bonds. The molecular weight excluding hydrogens is 238 g/mol. The first-order valence-corrected chi connectivity index (χ1v) is 6.33. The number of anilines is 1. The molecule has 1 atom stereocenters. The molecule has 0 aliphatic heterocycles. The quantitative estimate of drug-likeness (QED) is 0.782. The second-order valence-electron chi connectivity index (χ2n) is 4.88. The smallest absolute Gasteiger partial charge is 0.124 e. The molecule has 0 aromatic heterocycles. The number of phenols is 2. The molecule has 0 spiro atoms. The lowest BCUT2D eigenvalue weighted by Gasteiger charge is -2.18. The van der Waals surface area contributed by atoms with Gasteiger partial charge in [-0.3, -0.25) is 0 Å². The Bertz CT molecular complexity index is 573. The molecule has 0 bridgehead atoms. The van der Waals surface area contributed by atoms with Crippen LogP contribution in [0.15, 0.2) is 36.4 Å². The minimum Gasteiger partial charge on any atom is -0.507 e. The van der Waals surface area contributed by atoms with Gasteiger partial charge in [-0.25, -0.2) is 0 Å². The average Bonchev–Trinajstić information content (AvgIpc) is 2.33. The summed E-state index contributed by atoms with van der Waals surface area (Å²) >= 11 is 0. The third kappa shape index (κ3) is 2.81. The molecule has 3 heteroatoms. The van der Waals surface area contributed by atoms with E-state index in [4.69, 9.17) is 0 Å². The lowest BCUT2D eigenvalue weighted by atomic mass is 10.0. The summed E-state index contributed by atoms with van der Waals surface area (Å²) in [5.74, 6) is 0.202. The molecule has 0 radical (unpaired) electrons. The number of rotatable bonds is 3. The lowest BCUT2D eigenvalue weighted by molar-refractivity contribution is 0.434. The first-order chi connectivity index (χ1) is 8.99. The predicted molar refractivity (Wildman–Crippen MR) is 77.7 cm³/mol. The fraction of sp³-hybridized carbons (Fsp3) is 0.250. The monoisotopic (exact) mass is 257 g/mol. The highest BCUT2D eigenvalue weighted by Gasteiger charge is 2.14. The zero-order valence-electron chi connectivity index (χ0n) is 11.4. The summed E-state index contributed by atoms with van der Waals surface area (Å²) in [5, 5.41) is 23.0. The molecule has 2 aromatic rings.